The van der Waals surface area contributed by atoms with E-state index in [4.69, 9.17) is 0 Å². The van der Waals surface area contributed by atoms with Crippen molar-refractivity contribution in [1.29, 1.82) is 0 Å². The maximum Gasteiger partial charge on any atom is 0.235 e. The third-order valence-corrected chi connectivity index (χ3v) is 10.4. The Morgan fingerprint density at radius 1 is 1.09 bits per heavy atom. The van der Waals surface area contributed by atoms with Crippen LogP contribution in [0.25, 0.3) is 0 Å². The molecule has 5 nitrogen and oxygen atoms in total. The van der Waals surface area contributed by atoms with Crippen molar-refractivity contribution in [2.24, 2.45) is 11.8 Å². The number of hydrogen-bond donors (Lipinski definition) is 2. The second-order valence-corrected chi connectivity index (χ2v) is 12.7. The lowest BCUT2D eigenvalue weighted by Gasteiger charge is -2.32. The molecule has 6 rings (SSSR count). The molecule has 2 saturated carbocycles. The Morgan fingerprint density at radius 3 is 2.26 bits per heavy atom. The van der Waals surface area contributed by atoms with Crippen molar-refractivity contribution in [1.82, 2.24) is 4.90 Å². The zero-order chi connectivity index (χ0) is 23.0. The molecule has 0 unspecified atom stereocenters. The number of nitrogens with one attached hydrogen (secondary N) is 1. The van der Waals surface area contributed by atoms with Gasteiger partial charge in [-0.3, -0.25) is 9.62 Å². The van der Waals surface area contributed by atoms with E-state index in [1.807, 2.05) is 18.2 Å². The Kier molecular flexibility index (Phi) is 5.79. The first-order valence-electron chi connectivity index (χ1n) is 12.1. The average Bonchev–Trinajstić information content (AvgIpc) is 3.62. The third-order valence-electron chi connectivity index (χ3n) is 8.53. The summed E-state index contributed by atoms with van der Waals surface area (Å²) in [7, 11) is -3.43. The van der Waals surface area contributed by atoms with Crippen LogP contribution >= 0.6 is 12.4 Å². The molecule has 1 heterocycles. The highest BCUT2D eigenvalue weighted by molar-refractivity contribution is 7.93. The van der Waals surface area contributed by atoms with Gasteiger partial charge in [0.1, 0.15) is 5.82 Å². The molecule has 2 aromatic rings. The van der Waals surface area contributed by atoms with Gasteiger partial charge in [0.2, 0.25) is 10.0 Å². The van der Waals surface area contributed by atoms with Gasteiger partial charge in [0.25, 0.3) is 0 Å². The van der Waals surface area contributed by atoms with E-state index in [2.05, 4.69) is 28.7 Å². The van der Waals surface area contributed by atoms with Gasteiger partial charge >= 0.3 is 0 Å². The highest BCUT2D eigenvalue weighted by atomic mass is 35.5. The van der Waals surface area contributed by atoms with Gasteiger partial charge in [-0.1, -0.05) is 31.2 Å². The van der Waals surface area contributed by atoms with Gasteiger partial charge in [-0.15, -0.1) is 12.4 Å². The Labute approximate surface area is 207 Å². The van der Waals surface area contributed by atoms with Crippen LogP contribution in [0.5, 0.6) is 0 Å². The van der Waals surface area contributed by atoms with Crippen molar-refractivity contribution >= 4 is 28.1 Å². The second-order valence-electron chi connectivity index (χ2n) is 10.7. The second kappa shape index (κ2) is 8.19. The van der Waals surface area contributed by atoms with Gasteiger partial charge in [0, 0.05) is 37.9 Å². The number of likely N-dealkylation sites (tertiary alicyclic amines) is 1. The van der Waals surface area contributed by atoms with Crippen molar-refractivity contribution < 1.29 is 17.9 Å². The van der Waals surface area contributed by atoms with E-state index in [1.54, 1.807) is 6.07 Å². The topological polar surface area (TPSA) is 69.6 Å². The highest BCUT2D eigenvalue weighted by Crippen LogP contribution is 2.65. The molecule has 3 aliphatic carbocycles. The molecule has 0 spiro atoms. The fraction of sp³-hybridized carbons (Fsp3) is 0.538. The number of piperidine rings is 1. The van der Waals surface area contributed by atoms with Crippen LogP contribution < -0.4 is 4.72 Å². The van der Waals surface area contributed by atoms with Crippen LogP contribution in [0.4, 0.5) is 10.1 Å². The minimum Gasteiger partial charge on any atom is -0.388 e. The number of benzene rings is 2. The fourth-order valence-corrected chi connectivity index (χ4v) is 8.22. The van der Waals surface area contributed by atoms with Crippen LogP contribution in [0.3, 0.4) is 0 Å². The van der Waals surface area contributed by atoms with E-state index in [-0.39, 0.29) is 23.1 Å². The van der Waals surface area contributed by atoms with Crippen molar-refractivity contribution in [3.63, 3.8) is 0 Å². The number of fused-ring (bicyclic) bond motifs is 2. The van der Waals surface area contributed by atoms with Gasteiger partial charge in [-0.2, -0.15) is 0 Å². The fourth-order valence-electron chi connectivity index (χ4n) is 6.85. The molecule has 2 N–H and O–H groups in total. The summed E-state index contributed by atoms with van der Waals surface area (Å²) in [6.45, 7) is 4.57. The summed E-state index contributed by atoms with van der Waals surface area (Å²) < 4.78 is 41.9. The monoisotopic (exact) mass is 506 g/mol. The van der Waals surface area contributed by atoms with E-state index in [0.717, 1.165) is 25.1 Å². The first-order valence-corrected chi connectivity index (χ1v) is 13.6. The first kappa shape index (κ1) is 24.0. The lowest BCUT2D eigenvalue weighted by molar-refractivity contribution is 0.0139. The van der Waals surface area contributed by atoms with Gasteiger partial charge in [-0.05, 0) is 66.0 Å². The predicted molar refractivity (Wildman–Crippen MR) is 133 cm³/mol. The molecule has 4 aliphatic rings. The summed E-state index contributed by atoms with van der Waals surface area (Å²) >= 11 is 0. The molecule has 8 heteroatoms. The van der Waals surface area contributed by atoms with Gasteiger partial charge in [-0.25, -0.2) is 12.8 Å². The smallest absolute Gasteiger partial charge is 0.235 e. The van der Waals surface area contributed by atoms with E-state index in [1.165, 1.54) is 17.2 Å². The summed E-state index contributed by atoms with van der Waals surface area (Å²) in [5.41, 5.74) is 2.90. The molecule has 184 valence electrons. The number of sulfonamides is 1. The Bertz CT molecular complexity index is 1180. The number of anilines is 1. The number of hydrogen-bond acceptors (Lipinski definition) is 4. The molecular formula is C26H32ClFN2O3S. The molecule has 0 radical (unpaired) electrons. The van der Waals surface area contributed by atoms with Crippen LogP contribution in [-0.2, 0) is 28.3 Å². The molecule has 1 aliphatic heterocycles. The largest absolute Gasteiger partial charge is 0.388 e. The maximum atomic E-state index is 14.5. The molecule has 3 atom stereocenters. The van der Waals surface area contributed by atoms with Crippen LogP contribution in [-0.4, -0.2) is 48.9 Å². The minimum atomic E-state index is -3.43. The molecule has 0 amide bonds. The van der Waals surface area contributed by atoms with E-state index in [9.17, 15) is 17.9 Å². The zero-order valence-electron chi connectivity index (χ0n) is 19.3. The van der Waals surface area contributed by atoms with Crippen LogP contribution in [0.2, 0.25) is 0 Å². The van der Waals surface area contributed by atoms with Gasteiger partial charge in [0.05, 0.1) is 16.5 Å². The van der Waals surface area contributed by atoms with Crippen molar-refractivity contribution in [3.05, 3.63) is 65.0 Å². The maximum absolute atomic E-state index is 14.5. The third kappa shape index (κ3) is 3.94. The molecule has 2 aromatic carbocycles. The van der Waals surface area contributed by atoms with E-state index < -0.39 is 21.4 Å². The summed E-state index contributed by atoms with van der Waals surface area (Å²) in [5, 5.41) is 10.9. The normalized spacial score (nSPS) is 29.3. The molecule has 0 aromatic heterocycles. The van der Waals surface area contributed by atoms with Crippen molar-refractivity contribution in [2.75, 3.05) is 24.4 Å². The first-order chi connectivity index (χ1) is 15.7. The molecular weight excluding hydrogens is 475 g/mol. The van der Waals surface area contributed by atoms with Crippen LogP contribution in [0.15, 0.2) is 42.5 Å². The number of halogens is 2. The minimum absolute atomic E-state index is 0. The average molecular weight is 507 g/mol. The number of nitrogens with zero attached hydrogens (tertiary/aromatic N) is 1. The van der Waals surface area contributed by atoms with Crippen molar-refractivity contribution in [3.8, 4) is 0 Å². The number of aliphatic hydroxyl groups is 1. The number of β-amino-alcohol motifs (C(OH)–C–C–N with tert-alkyl or cyclic N) is 1. The standard InChI is InChI=1S/C26H31FN2O3S.ClH/c1-2-26(19-9-20(27)11-21(10-19)28-33(31,32)22-7-8-22)23-14-29(15-24(23)26)16-25(30)12-17-5-3-4-6-18(17)13-25;/h3-6,9-11,22-24,28,30H,2,7-8,12-16H2,1H3;1H/t23-,24+,26+;. The van der Waals surface area contributed by atoms with Gasteiger partial charge in [0.15, 0.2) is 0 Å². The lowest BCUT2D eigenvalue weighted by atomic mass is 9.87. The molecule has 3 fully saturated rings. The quantitative estimate of drug-likeness (QED) is 0.597. The van der Waals surface area contributed by atoms with Crippen LogP contribution in [0, 0.1) is 17.7 Å². The number of rotatable bonds is 7. The summed E-state index contributed by atoms with van der Waals surface area (Å²) in [6, 6.07) is 13.0. The van der Waals surface area contributed by atoms with Crippen LogP contribution in [0.1, 0.15) is 42.9 Å². The Morgan fingerprint density at radius 2 is 1.71 bits per heavy atom. The summed E-state index contributed by atoms with van der Waals surface area (Å²) in [5.74, 6) is 0.419. The molecule has 1 saturated heterocycles. The lowest BCUT2D eigenvalue weighted by Crippen LogP contribution is -2.45. The predicted octanol–water partition coefficient (Wildman–Crippen LogP) is 3.89. The molecule has 34 heavy (non-hydrogen) atoms. The Balaban J connectivity index is 0.00000241. The van der Waals surface area contributed by atoms with E-state index >= 15 is 0 Å². The SMILES string of the molecule is CC[C@]1(c2cc(F)cc(NS(=O)(=O)C3CC3)c2)[C@@H]2CN(CC3(O)Cc4ccccc4C3)C[C@@H]21.Cl. The highest BCUT2D eigenvalue weighted by Gasteiger charge is 2.67. The Hall–Kier alpha value is -1.67. The van der Waals surface area contributed by atoms with Crippen molar-refractivity contribution in [2.45, 2.75) is 55.3 Å². The summed E-state index contributed by atoms with van der Waals surface area (Å²) in [6.07, 6.45) is 3.64. The van der Waals surface area contributed by atoms with E-state index in [0.29, 0.717) is 49.8 Å². The zero-order valence-corrected chi connectivity index (χ0v) is 21.0. The summed E-state index contributed by atoms with van der Waals surface area (Å²) in [4.78, 5) is 2.37. The van der Waals surface area contributed by atoms with Gasteiger partial charge < -0.3 is 5.11 Å². The molecule has 0 bridgehead atoms.